The second-order valence-electron chi connectivity index (χ2n) is 9.13. The van der Waals surface area contributed by atoms with Crippen LogP contribution in [0.1, 0.15) is 64.2 Å². The summed E-state index contributed by atoms with van der Waals surface area (Å²) in [4.78, 5) is 0. The lowest BCUT2D eigenvalue weighted by molar-refractivity contribution is -0.223. The van der Waals surface area contributed by atoms with E-state index in [9.17, 15) is 30.6 Å². The van der Waals surface area contributed by atoms with Gasteiger partial charge in [-0.2, -0.15) is 0 Å². The molecule has 6 heteroatoms. The van der Waals surface area contributed by atoms with Gasteiger partial charge >= 0.3 is 0 Å². The van der Waals surface area contributed by atoms with E-state index in [4.69, 9.17) is 0 Å². The first-order valence-electron chi connectivity index (χ1n) is 9.49. The maximum atomic E-state index is 11.6. The van der Waals surface area contributed by atoms with Crippen LogP contribution in [-0.4, -0.2) is 65.3 Å². The molecule has 5 rings (SSSR count). The van der Waals surface area contributed by atoms with Crippen LogP contribution in [0.15, 0.2) is 0 Å². The van der Waals surface area contributed by atoms with Gasteiger partial charge in [0.05, 0.1) is 0 Å². The maximum Gasteiger partial charge on any atom is 0.137 e. The fraction of sp³-hybridized carbons (Fsp3) is 1.00. The van der Waals surface area contributed by atoms with Crippen LogP contribution < -0.4 is 0 Å². The normalized spacial score (nSPS) is 59.8. The Kier molecular flexibility index (Phi) is 2.68. The van der Waals surface area contributed by atoms with Crippen LogP contribution in [0, 0.1) is 10.8 Å². The lowest BCUT2D eigenvalue weighted by atomic mass is 9.76. The molecule has 24 heavy (non-hydrogen) atoms. The molecule has 0 unspecified atom stereocenters. The Morgan fingerprint density at radius 3 is 1.08 bits per heavy atom. The van der Waals surface area contributed by atoms with Gasteiger partial charge in [0, 0.05) is 10.8 Å². The van der Waals surface area contributed by atoms with Crippen molar-refractivity contribution in [3.63, 3.8) is 0 Å². The first kappa shape index (κ1) is 16.0. The van der Waals surface area contributed by atoms with Crippen molar-refractivity contribution in [2.45, 2.75) is 98.8 Å². The van der Waals surface area contributed by atoms with E-state index in [-0.39, 0.29) is 0 Å². The van der Waals surface area contributed by atoms with Crippen molar-refractivity contribution < 1.29 is 30.6 Å². The third-order valence-electron chi connectivity index (χ3n) is 8.92. The summed E-state index contributed by atoms with van der Waals surface area (Å²) in [5.41, 5.74) is -9.84. The number of aliphatic hydroxyl groups excluding tert-OH is 2. The number of hydrogen-bond donors (Lipinski definition) is 6. The van der Waals surface area contributed by atoms with E-state index < -0.39 is 45.4 Å². The third kappa shape index (κ3) is 1.04. The molecule has 5 saturated carbocycles. The zero-order valence-electron chi connectivity index (χ0n) is 13.9. The van der Waals surface area contributed by atoms with Crippen molar-refractivity contribution in [3.8, 4) is 0 Å². The van der Waals surface area contributed by atoms with Crippen LogP contribution in [-0.2, 0) is 0 Å². The summed E-state index contributed by atoms with van der Waals surface area (Å²) in [5, 5.41) is 67.1. The fourth-order valence-electron chi connectivity index (χ4n) is 7.85. The average molecular weight is 340 g/mol. The van der Waals surface area contributed by atoms with Gasteiger partial charge in [-0.1, -0.05) is 38.5 Å². The smallest absolute Gasteiger partial charge is 0.137 e. The van der Waals surface area contributed by atoms with Crippen molar-refractivity contribution in [2.75, 3.05) is 0 Å². The van der Waals surface area contributed by atoms with Gasteiger partial charge in [-0.3, -0.25) is 0 Å². The van der Waals surface area contributed by atoms with Gasteiger partial charge in [-0.15, -0.1) is 0 Å². The van der Waals surface area contributed by atoms with Crippen LogP contribution in [0.4, 0.5) is 0 Å². The zero-order valence-corrected chi connectivity index (χ0v) is 13.9. The molecule has 0 aromatic rings. The Morgan fingerprint density at radius 2 is 0.792 bits per heavy atom. The summed E-state index contributed by atoms with van der Waals surface area (Å²) in [6, 6.07) is 0. The monoisotopic (exact) mass is 340 g/mol. The Balaban J connectivity index is 1.71. The van der Waals surface area contributed by atoms with E-state index in [1.807, 2.05) is 0 Å². The minimum absolute atomic E-state index is 0.498. The molecule has 0 bridgehead atoms. The van der Waals surface area contributed by atoms with Gasteiger partial charge in [0.25, 0.3) is 0 Å². The first-order chi connectivity index (χ1) is 11.2. The van der Waals surface area contributed by atoms with Crippen molar-refractivity contribution in [1.82, 2.24) is 0 Å². The summed E-state index contributed by atoms with van der Waals surface area (Å²) in [5.74, 6) is 0. The summed E-state index contributed by atoms with van der Waals surface area (Å²) in [7, 11) is 0. The highest BCUT2D eigenvalue weighted by molar-refractivity contribution is 5.60. The SMILES string of the molecule is O[C@H]1[C@H](O)[C@]2(O)C3(CCCCC3)[C@@]2(O)[C@]2(O)C3(CCCCC3)[C@]12O. The second-order valence-corrected chi connectivity index (χ2v) is 9.13. The lowest BCUT2D eigenvalue weighted by Crippen LogP contribution is -2.63. The lowest BCUT2D eigenvalue weighted by Gasteiger charge is -2.37. The highest BCUT2D eigenvalue weighted by atomic mass is 16.5. The molecule has 6 N–H and O–H groups in total. The van der Waals surface area contributed by atoms with Crippen molar-refractivity contribution in [3.05, 3.63) is 0 Å². The van der Waals surface area contributed by atoms with Crippen LogP contribution in [0.3, 0.4) is 0 Å². The largest absolute Gasteiger partial charge is 0.387 e. The molecule has 0 aliphatic heterocycles. The molecule has 0 saturated heterocycles. The third-order valence-corrected chi connectivity index (χ3v) is 8.92. The molecule has 5 aliphatic carbocycles. The fourth-order valence-corrected chi connectivity index (χ4v) is 7.85. The van der Waals surface area contributed by atoms with Crippen LogP contribution in [0.2, 0.25) is 0 Å². The van der Waals surface area contributed by atoms with Gasteiger partial charge in [0.15, 0.2) is 0 Å². The Labute approximate surface area is 141 Å². The van der Waals surface area contributed by atoms with Gasteiger partial charge in [-0.25, -0.2) is 0 Å². The maximum absolute atomic E-state index is 11.6. The molecular weight excluding hydrogens is 312 g/mol. The molecule has 6 atom stereocenters. The van der Waals surface area contributed by atoms with Gasteiger partial charge in [-0.05, 0) is 25.7 Å². The summed E-state index contributed by atoms with van der Waals surface area (Å²) in [6.07, 6.45) is 3.88. The van der Waals surface area contributed by atoms with Crippen LogP contribution in [0.5, 0.6) is 0 Å². The molecule has 5 fully saturated rings. The second kappa shape index (κ2) is 4.02. The molecule has 5 aliphatic rings. The van der Waals surface area contributed by atoms with Crippen LogP contribution in [0.25, 0.3) is 0 Å². The van der Waals surface area contributed by atoms with E-state index >= 15 is 0 Å². The molecular formula is C18H28O6. The molecule has 0 radical (unpaired) electrons. The highest BCUT2D eigenvalue weighted by Gasteiger charge is 3.11. The molecule has 0 amide bonds. The van der Waals surface area contributed by atoms with E-state index in [2.05, 4.69) is 0 Å². The predicted octanol–water partition coefficient (Wildman–Crippen LogP) is -0.426. The Hall–Kier alpha value is -0.240. The average Bonchev–Trinajstić information content (AvgIpc) is 3.23. The summed E-state index contributed by atoms with van der Waals surface area (Å²) >= 11 is 0. The molecule has 6 nitrogen and oxygen atoms in total. The molecule has 2 spiro atoms. The van der Waals surface area contributed by atoms with Crippen molar-refractivity contribution >= 4 is 0 Å². The van der Waals surface area contributed by atoms with E-state index in [0.717, 1.165) is 38.5 Å². The van der Waals surface area contributed by atoms with E-state index in [0.29, 0.717) is 25.7 Å². The summed E-state index contributed by atoms with van der Waals surface area (Å²) in [6.45, 7) is 0. The number of hydrogen-bond acceptors (Lipinski definition) is 6. The summed E-state index contributed by atoms with van der Waals surface area (Å²) < 4.78 is 0. The van der Waals surface area contributed by atoms with Gasteiger partial charge in [0.1, 0.15) is 34.6 Å². The zero-order chi connectivity index (χ0) is 17.2. The Morgan fingerprint density at radius 1 is 0.500 bits per heavy atom. The Bertz CT molecular complexity index is 532. The van der Waals surface area contributed by atoms with Gasteiger partial charge < -0.3 is 30.6 Å². The number of rotatable bonds is 0. The van der Waals surface area contributed by atoms with Crippen molar-refractivity contribution in [1.29, 1.82) is 0 Å². The van der Waals surface area contributed by atoms with Crippen molar-refractivity contribution in [2.24, 2.45) is 10.8 Å². The van der Waals surface area contributed by atoms with E-state index in [1.165, 1.54) is 0 Å². The molecule has 136 valence electrons. The van der Waals surface area contributed by atoms with Crippen LogP contribution >= 0.6 is 0 Å². The van der Waals surface area contributed by atoms with Gasteiger partial charge in [0.2, 0.25) is 0 Å². The number of aliphatic hydroxyl groups is 6. The quantitative estimate of drug-likeness (QED) is 0.356. The molecule has 0 aromatic carbocycles. The minimum Gasteiger partial charge on any atom is -0.387 e. The minimum atomic E-state index is -1.95. The number of fused-ring (bicyclic) bond motifs is 7. The van der Waals surface area contributed by atoms with E-state index in [1.54, 1.807) is 0 Å². The molecule has 0 aromatic heterocycles. The standard InChI is InChI=1S/C18H28O6/c19-11-12(20)16(22)14(9-5-2-6-10-14)18(16,24)17(23)13(15(11,17)21)7-3-1-4-8-13/h11-12,19-24H,1-10H2/t11-,12-,15-,16+,17-,18-/m0/s1. The first-order valence-corrected chi connectivity index (χ1v) is 9.49. The highest BCUT2D eigenvalue weighted by Crippen LogP contribution is 2.91. The topological polar surface area (TPSA) is 121 Å². The molecule has 0 heterocycles. The predicted molar refractivity (Wildman–Crippen MR) is 82.8 cm³/mol.